The number of ether oxygens (including phenoxy) is 1. The van der Waals surface area contributed by atoms with Gasteiger partial charge in [0, 0.05) is 12.6 Å². The maximum Gasteiger partial charge on any atom is 0.472 e. The van der Waals surface area contributed by atoms with Gasteiger partial charge in [0.05, 0.1) is 12.7 Å². The summed E-state index contributed by atoms with van der Waals surface area (Å²) in [4.78, 5) is 34.4. The Balaban J connectivity index is 2.28. The lowest BCUT2D eigenvalue weighted by Crippen LogP contribution is -2.42. The summed E-state index contributed by atoms with van der Waals surface area (Å²) in [6.07, 6.45) is -8.23. The van der Waals surface area contributed by atoms with Crippen LogP contribution in [0.2, 0.25) is 5.02 Å². The summed E-state index contributed by atoms with van der Waals surface area (Å²) in [5.74, 6) is 0. The molecule has 4 atom stereocenters. The van der Waals surface area contributed by atoms with Gasteiger partial charge in [-0.15, -0.1) is 0 Å². The molecule has 27 heavy (non-hydrogen) atoms. The van der Waals surface area contributed by atoms with E-state index >= 15 is 0 Å². The van der Waals surface area contributed by atoms with E-state index in [1.54, 1.807) is 4.98 Å². The Bertz CT molecular complexity index is 848. The van der Waals surface area contributed by atoms with Crippen molar-refractivity contribution in [1.29, 1.82) is 0 Å². The highest BCUT2D eigenvalue weighted by Crippen LogP contribution is 2.49. The molecule has 0 saturated carbocycles. The number of rotatable bonds is 7. The average molecular weight is 437 g/mol. The molecule has 1 saturated heterocycles. The van der Waals surface area contributed by atoms with Crippen molar-refractivity contribution in [2.75, 3.05) is 6.61 Å². The minimum absolute atomic E-state index is 0.485. The highest BCUT2D eigenvalue weighted by molar-refractivity contribution is 7.47. The first-order valence-corrected chi connectivity index (χ1v) is 9.51. The van der Waals surface area contributed by atoms with E-state index in [-0.39, 0.29) is 0 Å². The van der Waals surface area contributed by atoms with Crippen LogP contribution in [0.1, 0.15) is 26.5 Å². The first-order chi connectivity index (χ1) is 12.4. The van der Waals surface area contributed by atoms with Crippen LogP contribution in [0.4, 0.5) is 13.2 Å². The molecule has 0 spiro atoms. The normalized spacial score (nSPS) is 28.0. The van der Waals surface area contributed by atoms with E-state index in [2.05, 4.69) is 9.05 Å². The number of nitrogens with one attached hydrogen (secondary N) is 1. The summed E-state index contributed by atoms with van der Waals surface area (Å²) in [7, 11) is -4.69. The fourth-order valence-electron chi connectivity index (χ4n) is 2.46. The molecule has 14 heteroatoms. The zero-order valence-electron chi connectivity index (χ0n) is 14.1. The minimum Gasteiger partial charge on any atom is -0.340 e. The van der Waals surface area contributed by atoms with Crippen LogP contribution in [0.15, 0.2) is 15.8 Å². The molecule has 0 aliphatic carbocycles. The molecule has 3 unspecified atom stereocenters. The van der Waals surface area contributed by atoms with Gasteiger partial charge in [0.15, 0.2) is 11.8 Å². The Morgan fingerprint density at radius 3 is 2.70 bits per heavy atom. The Kier molecular flexibility index (Phi) is 6.60. The van der Waals surface area contributed by atoms with E-state index < -0.39 is 67.7 Å². The standard InChI is InChI=1S/C13H17ClF3N2O7P/c1-6(2)26-27(22,23)24-5-13(11(16)17)3-8(15)10(25-13)19-4-7(14)9(20)18-12(19)21/h4,6,8,10-11H,3,5H2,1-2H3,(H,22,23)(H,18,20,21)/t8?,10?,13-/m0/s1. The van der Waals surface area contributed by atoms with Crippen molar-refractivity contribution in [2.24, 2.45) is 0 Å². The zero-order valence-corrected chi connectivity index (χ0v) is 15.8. The predicted octanol–water partition coefficient (Wildman–Crippen LogP) is 1.99. The van der Waals surface area contributed by atoms with E-state index in [0.717, 1.165) is 6.20 Å². The number of alkyl halides is 3. The van der Waals surface area contributed by atoms with Crippen molar-refractivity contribution >= 4 is 19.4 Å². The van der Waals surface area contributed by atoms with Crippen molar-refractivity contribution in [1.82, 2.24) is 9.55 Å². The average Bonchev–Trinajstić information content (AvgIpc) is 2.86. The Morgan fingerprint density at radius 2 is 2.15 bits per heavy atom. The molecule has 0 amide bonds. The molecule has 154 valence electrons. The minimum atomic E-state index is -4.69. The van der Waals surface area contributed by atoms with Gasteiger partial charge >= 0.3 is 13.5 Å². The SMILES string of the molecule is CC(C)OP(=O)(O)OC[C@]1(C(F)F)CC(F)C(n2cc(Cl)c(=O)[nH]c2=O)O1. The van der Waals surface area contributed by atoms with Crippen LogP contribution in [0.5, 0.6) is 0 Å². The summed E-state index contributed by atoms with van der Waals surface area (Å²) < 4.78 is 68.0. The van der Waals surface area contributed by atoms with Crippen LogP contribution >= 0.6 is 19.4 Å². The van der Waals surface area contributed by atoms with Crippen molar-refractivity contribution in [3.8, 4) is 0 Å². The van der Waals surface area contributed by atoms with Gasteiger partial charge in [0.2, 0.25) is 0 Å². The lowest BCUT2D eigenvalue weighted by atomic mass is 10.0. The second kappa shape index (κ2) is 8.06. The van der Waals surface area contributed by atoms with E-state index in [1.165, 1.54) is 13.8 Å². The van der Waals surface area contributed by atoms with Crippen molar-refractivity contribution in [3.63, 3.8) is 0 Å². The second-order valence-corrected chi connectivity index (χ2v) is 7.95. The number of hydrogen-bond acceptors (Lipinski definition) is 6. The van der Waals surface area contributed by atoms with Crippen LogP contribution in [0.25, 0.3) is 0 Å². The number of phosphoric acid groups is 1. The molecular formula is C13H17ClF3N2O7P. The third kappa shape index (κ3) is 5.01. The van der Waals surface area contributed by atoms with Crippen LogP contribution < -0.4 is 11.2 Å². The maximum absolute atomic E-state index is 14.4. The lowest BCUT2D eigenvalue weighted by Gasteiger charge is -2.29. The molecule has 2 N–H and O–H groups in total. The number of phosphoric ester groups is 1. The number of nitrogens with zero attached hydrogens (tertiary/aromatic N) is 1. The number of aromatic nitrogens is 2. The second-order valence-electron chi connectivity index (χ2n) is 6.13. The number of hydrogen-bond donors (Lipinski definition) is 2. The highest BCUT2D eigenvalue weighted by atomic mass is 35.5. The monoisotopic (exact) mass is 436 g/mol. The Hall–Kier alpha value is -1.17. The highest BCUT2D eigenvalue weighted by Gasteiger charge is 2.55. The predicted molar refractivity (Wildman–Crippen MR) is 86.7 cm³/mol. The summed E-state index contributed by atoms with van der Waals surface area (Å²) in [5, 5.41) is -0.485. The van der Waals surface area contributed by atoms with E-state index in [1.807, 2.05) is 0 Å². The van der Waals surface area contributed by atoms with Crippen LogP contribution in [0, 0.1) is 0 Å². The largest absolute Gasteiger partial charge is 0.472 e. The first-order valence-electron chi connectivity index (χ1n) is 7.63. The van der Waals surface area contributed by atoms with Crippen molar-refractivity contribution < 1.29 is 36.4 Å². The molecule has 2 rings (SSSR count). The molecule has 1 aliphatic heterocycles. The fraction of sp³-hybridized carbons (Fsp3) is 0.692. The van der Waals surface area contributed by atoms with Gasteiger partial charge in [0.1, 0.15) is 11.2 Å². The van der Waals surface area contributed by atoms with Crippen LogP contribution in [-0.4, -0.2) is 45.4 Å². The summed E-state index contributed by atoms with van der Waals surface area (Å²) in [5.41, 5.74) is -4.69. The topological polar surface area (TPSA) is 120 Å². The van der Waals surface area contributed by atoms with E-state index in [9.17, 15) is 32.2 Å². The number of H-pyrrole nitrogens is 1. The van der Waals surface area contributed by atoms with Gasteiger partial charge in [-0.1, -0.05) is 11.6 Å². The van der Waals surface area contributed by atoms with E-state index in [4.69, 9.17) is 16.3 Å². The third-order valence-electron chi connectivity index (χ3n) is 3.62. The molecule has 0 radical (unpaired) electrons. The molecular weight excluding hydrogens is 420 g/mol. The smallest absolute Gasteiger partial charge is 0.340 e. The quantitative estimate of drug-likeness (QED) is 0.627. The number of aromatic amines is 1. The van der Waals surface area contributed by atoms with Gasteiger partial charge in [-0.2, -0.15) is 0 Å². The van der Waals surface area contributed by atoms with Gasteiger partial charge in [0.25, 0.3) is 12.0 Å². The summed E-state index contributed by atoms with van der Waals surface area (Å²) in [6, 6.07) is 0. The molecule has 0 bridgehead atoms. The summed E-state index contributed by atoms with van der Waals surface area (Å²) in [6.45, 7) is 1.66. The summed E-state index contributed by atoms with van der Waals surface area (Å²) >= 11 is 5.57. The van der Waals surface area contributed by atoms with Gasteiger partial charge in [-0.05, 0) is 13.8 Å². The lowest BCUT2D eigenvalue weighted by molar-refractivity contribution is -0.170. The molecule has 1 aromatic heterocycles. The molecule has 0 aromatic carbocycles. The fourth-order valence-corrected chi connectivity index (χ4v) is 3.59. The van der Waals surface area contributed by atoms with Gasteiger partial charge < -0.3 is 9.63 Å². The van der Waals surface area contributed by atoms with Crippen molar-refractivity contribution in [3.05, 3.63) is 32.1 Å². The number of halogens is 4. The molecule has 9 nitrogen and oxygen atoms in total. The molecule has 1 aromatic rings. The van der Waals surface area contributed by atoms with Crippen LogP contribution in [-0.2, 0) is 18.3 Å². The molecule has 1 aliphatic rings. The molecule has 2 heterocycles. The van der Waals surface area contributed by atoms with Gasteiger partial charge in [-0.3, -0.25) is 23.4 Å². The zero-order chi connectivity index (χ0) is 20.6. The Morgan fingerprint density at radius 1 is 1.52 bits per heavy atom. The third-order valence-corrected chi connectivity index (χ3v) is 5.03. The molecule has 1 fully saturated rings. The van der Waals surface area contributed by atoms with Crippen LogP contribution in [0.3, 0.4) is 0 Å². The van der Waals surface area contributed by atoms with Crippen molar-refractivity contribution in [2.45, 2.75) is 50.8 Å². The maximum atomic E-state index is 14.4. The first kappa shape index (κ1) is 22.1. The Labute approximate surface area is 155 Å². The van der Waals surface area contributed by atoms with E-state index in [0.29, 0.717) is 4.57 Å². The van der Waals surface area contributed by atoms with Gasteiger partial charge in [-0.25, -0.2) is 22.5 Å².